The van der Waals surface area contributed by atoms with Gasteiger partial charge < -0.3 is 10.2 Å². The molecule has 1 heterocycles. The highest BCUT2D eigenvalue weighted by molar-refractivity contribution is 7.89. The number of hydrogen-bond donors (Lipinski definition) is 2. The van der Waals surface area contributed by atoms with E-state index in [9.17, 15) is 8.42 Å². The fourth-order valence-corrected chi connectivity index (χ4v) is 3.32. The van der Waals surface area contributed by atoms with Crippen molar-refractivity contribution in [3.63, 3.8) is 0 Å². The maximum absolute atomic E-state index is 11.9. The number of aryl methyl sites for hydroxylation is 1. The number of nitrogens with zero attached hydrogens (tertiary/aromatic N) is 1. The normalized spacial score (nSPS) is 24.0. The van der Waals surface area contributed by atoms with Gasteiger partial charge in [-0.2, -0.15) is 0 Å². The Kier molecular flexibility index (Phi) is 4.36. The molecule has 2 unspecified atom stereocenters. The zero-order valence-electron chi connectivity index (χ0n) is 12.5. The van der Waals surface area contributed by atoms with Crippen molar-refractivity contribution >= 4 is 15.7 Å². The maximum atomic E-state index is 11.9. The van der Waals surface area contributed by atoms with Crippen molar-refractivity contribution in [1.82, 2.24) is 9.62 Å². The lowest BCUT2D eigenvalue weighted by molar-refractivity contribution is 0.330. The summed E-state index contributed by atoms with van der Waals surface area (Å²) < 4.78 is 26.1. The van der Waals surface area contributed by atoms with Gasteiger partial charge in [0, 0.05) is 24.3 Å². The molecule has 1 aliphatic heterocycles. The van der Waals surface area contributed by atoms with E-state index in [1.165, 1.54) is 7.05 Å². The van der Waals surface area contributed by atoms with Gasteiger partial charge in [-0.15, -0.1) is 0 Å². The number of likely N-dealkylation sites (N-methyl/N-ethyl adjacent to an activating group) is 1. The monoisotopic (exact) mass is 297 g/mol. The van der Waals surface area contributed by atoms with Crippen LogP contribution in [-0.4, -0.2) is 46.0 Å². The van der Waals surface area contributed by atoms with Crippen LogP contribution in [0.25, 0.3) is 0 Å². The lowest BCUT2D eigenvalue weighted by Gasteiger charge is -2.17. The number of nitrogens with one attached hydrogen (secondary N) is 2. The first-order chi connectivity index (χ1) is 9.33. The predicted octanol–water partition coefficient (Wildman–Crippen LogP) is 1.41. The quantitative estimate of drug-likeness (QED) is 0.882. The van der Waals surface area contributed by atoms with Crippen LogP contribution in [0.2, 0.25) is 0 Å². The number of sulfonamides is 1. The Labute approximate surface area is 121 Å². The van der Waals surface area contributed by atoms with Crippen LogP contribution < -0.4 is 10.0 Å². The summed E-state index contributed by atoms with van der Waals surface area (Å²) in [7, 11) is 0.146. The molecule has 1 aliphatic rings. The molecule has 1 saturated heterocycles. The summed E-state index contributed by atoms with van der Waals surface area (Å²) in [6.45, 7) is 5.17. The zero-order valence-corrected chi connectivity index (χ0v) is 13.3. The minimum atomic E-state index is -3.39. The van der Waals surface area contributed by atoms with Crippen molar-refractivity contribution in [2.24, 2.45) is 0 Å². The average Bonchev–Trinajstić information content (AvgIpc) is 2.71. The molecular weight excluding hydrogens is 274 g/mol. The van der Waals surface area contributed by atoms with E-state index in [1.807, 2.05) is 13.0 Å². The van der Waals surface area contributed by atoms with E-state index in [2.05, 4.69) is 28.9 Å². The molecule has 5 nitrogen and oxygen atoms in total. The van der Waals surface area contributed by atoms with Crippen LogP contribution in [0.5, 0.6) is 0 Å². The Morgan fingerprint density at radius 2 is 2.05 bits per heavy atom. The highest BCUT2D eigenvalue weighted by Gasteiger charge is 2.26. The molecule has 0 bridgehead atoms. The molecule has 2 rings (SSSR count). The first-order valence-electron chi connectivity index (χ1n) is 6.84. The van der Waals surface area contributed by atoms with Crippen LogP contribution in [0.1, 0.15) is 18.9 Å². The minimum absolute atomic E-state index is 0.299. The van der Waals surface area contributed by atoms with Crippen LogP contribution in [0.3, 0.4) is 0 Å². The molecular formula is C14H23N3O2S. The van der Waals surface area contributed by atoms with Gasteiger partial charge >= 0.3 is 0 Å². The van der Waals surface area contributed by atoms with Gasteiger partial charge in [0.1, 0.15) is 0 Å². The molecule has 2 atom stereocenters. The molecule has 0 radical (unpaired) electrons. The van der Waals surface area contributed by atoms with Crippen molar-refractivity contribution < 1.29 is 8.42 Å². The summed E-state index contributed by atoms with van der Waals surface area (Å²) in [4.78, 5) is 2.61. The number of rotatable bonds is 4. The third-order valence-corrected chi connectivity index (χ3v) is 5.45. The van der Waals surface area contributed by atoms with E-state index >= 15 is 0 Å². The molecule has 0 spiro atoms. The minimum Gasteiger partial charge on any atom is -0.381 e. The molecule has 0 saturated carbocycles. The fourth-order valence-electron chi connectivity index (χ4n) is 2.56. The first-order valence-corrected chi connectivity index (χ1v) is 8.33. The van der Waals surface area contributed by atoms with Gasteiger partial charge in [-0.3, -0.25) is 0 Å². The van der Waals surface area contributed by atoms with Crippen LogP contribution in [-0.2, 0) is 10.0 Å². The molecule has 6 heteroatoms. The SMILES string of the molecule is CNS(=O)(=O)c1ccc(C)c(NC2CC(C)N(C)C2)c1. The van der Waals surface area contributed by atoms with Gasteiger partial charge in [-0.05, 0) is 52.1 Å². The van der Waals surface area contributed by atoms with E-state index in [0.717, 1.165) is 24.2 Å². The van der Waals surface area contributed by atoms with Crippen LogP contribution >= 0.6 is 0 Å². The third kappa shape index (κ3) is 3.13. The van der Waals surface area contributed by atoms with Gasteiger partial charge in [-0.25, -0.2) is 13.1 Å². The molecule has 1 aromatic carbocycles. The van der Waals surface area contributed by atoms with Crippen molar-refractivity contribution in [3.8, 4) is 0 Å². The van der Waals surface area contributed by atoms with Crippen LogP contribution in [0.4, 0.5) is 5.69 Å². The zero-order chi connectivity index (χ0) is 14.9. The van der Waals surface area contributed by atoms with Crippen molar-refractivity contribution in [2.75, 3.05) is 26.0 Å². The molecule has 1 aromatic rings. The predicted molar refractivity (Wildman–Crippen MR) is 81.5 cm³/mol. The van der Waals surface area contributed by atoms with E-state index in [0.29, 0.717) is 17.0 Å². The van der Waals surface area contributed by atoms with Gasteiger partial charge in [0.25, 0.3) is 0 Å². The smallest absolute Gasteiger partial charge is 0.240 e. The topological polar surface area (TPSA) is 61.4 Å². The van der Waals surface area contributed by atoms with Crippen LogP contribution in [0.15, 0.2) is 23.1 Å². The summed E-state index contributed by atoms with van der Waals surface area (Å²) in [6.07, 6.45) is 1.07. The lowest BCUT2D eigenvalue weighted by Crippen LogP contribution is -2.25. The molecule has 2 N–H and O–H groups in total. The summed E-state index contributed by atoms with van der Waals surface area (Å²) in [5, 5.41) is 3.47. The van der Waals surface area contributed by atoms with Crippen molar-refractivity contribution in [1.29, 1.82) is 0 Å². The van der Waals surface area contributed by atoms with Gasteiger partial charge in [-0.1, -0.05) is 6.07 Å². The number of hydrogen-bond acceptors (Lipinski definition) is 4. The van der Waals surface area contributed by atoms with Crippen molar-refractivity contribution in [2.45, 2.75) is 37.2 Å². The van der Waals surface area contributed by atoms with Gasteiger partial charge in [0.2, 0.25) is 10.0 Å². The van der Waals surface area contributed by atoms with E-state index in [-0.39, 0.29) is 0 Å². The molecule has 20 heavy (non-hydrogen) atoms. The van der Waals surface area contributed by atoms with Crippen LogP contribution in [0, 0.1) is 6.92 Å². The summed E-state index contributed by atoms with van der Waals surface area (Å²) in [5.74, 6) is 0. The summed E-state index contributed by atoms with van der Waals surface area (Å²) in [5.41, 5.74) is 1.95. The number of anilines is 1. The molecule has 1 fully saturated rings. The Bertz CT molecular complexity index is 576. The Hall–Kier alpha value is -1.11. The summed E-state index contributed by atoms with van der Waals surface area (Å²) >= 11 is 0. The van der Waals surface area contributed by atoms with E-state index < -0.39 is 10.0 Å². The Balaban J connectivity index is 2.22. The largest absolute Gasteiger partial charge is 0.381 e. The Morgan fingerprint density at radius 3 is 2.60 bits per heavy atom. The maximum Gasteiger partial charge on any atom is 0.240 e. The standard InChI is InChI=1S/C14H23N3O2S/c1-10-5-6-13(20(18,19)15-3)8-14(10)16-12-7-11(2)17(4)9-12/h5-6,8,11-12,15-16H,7,9H2,1-4H3. The average molecular weight is 297 g/mol. The second-order valence-corrected chi connectivity index (χ2v) is 7.44. The molecule has 0 aliphatic carbocycles. The van der Waals surface area contributed by atoms with E-state index in [4.69, 9.17) is 0 Å². The molecule has 0 amide bonds. The van der Waals surface area contributed by atoms with Gasteiger partial charge in [0.15, 0.2) is 0 Å². The first kappa shape index (κ1) is 15.3. The van der Waals surface area contributed by atoms with Crippen molar-refractivity contribution in [3.05, 3.63) is 23.8 Å². The fraction of sp³-hybridized carbons (Fsp3) is 0.571. The van der Waals surface area contributed by atoms with E-state index in [1.54, 1.807) is 12.1 Å². The molecule has 0 aromatic heterocycles. The Morgan fingerprint density at radius 1 is 1.35 bits per heavy atom. The number of benzene rings is 1. The summed E-state index contributed by atoms with van der Waals surface area (Å²) in [6, 6.07) is 6.10. The number of likely N-dealkylation sites (tertiary alicyclic amines) is 1. The highest BCUT2D eigenvalue weighted by atomic mass is 32.2. The van der Waals surface area contributed by atoms with Gasteiger partial charge in [0.05, 0.1) is 4.90 Å². The highest BCUT2D eigenvalue weighted by Crippen LogP contribution is 2.24. The molecule has 112 valence electrons. The second-order valence-electron chi connectivity index (χ2n) is 5.55. The second kappa shape index (κ2) is 5.71. The third-order valence-electron chi connectivity index (χ3n) is 4.03. The lowest BCUT2D eigenvalue weighted by atomic mass is 10.1.